The van der Waals surface area contributed by atoms with Gasteiger partial charge in [-0.1, -0.05) is 19.6 Å². The van der Waals surface area contributed by atoms with Crippen LogP contribution in [0, 0.1) is 0 Å². The summed E-state index contributed by atoms with van der Waals surface area (Å²) in [4.78, 5) is 0. The van der Waals surface area contributed by atoms with E-state index in [0.717, 1.165) is 19.0 Å². The number of rotatable bonds is 9. The summed E-state index contributed by atoms with van der Waals surface area (Å²) in [6, 6.07) is 1.12. The molecular weight excluding hydrogens is 322 g/mol. The van der Waals surface area contributed by atoms with Crippen molar-refractivity contribution in [2.75, 3.05) is 6.54 Å². The summed E-state index contributed by atoms with van der Waals surface area (Å²) in [6.07, 6.45) is 1.05. The van der Waals surface area contributed by atoms with E-state index in [1.165, 1.54) is 0 Å². The highest BCUT2D eigenvalue weighted by Crippen LogP contribution is 2.36. The van der Waals surface area contributed by atoms with Gasteiger partial charge in [0.25, 0.3) is 0 Å². The zero-order valence-electron chi connectivity index (χ0n) is 17.0. The molecule has 0 unspecified atom stereocenters. The minimum Gasteiger partial charge on any atom is -0.412 e. The second-order valence-corrected chi connectivity index (χ2v) is 24.0. The molecule has 0 saturated carbocycles. The van der Waals surface area contributed by atoms with E-state index in [4.69, 9.17) is 14.6 Å². The molecule has 0 aliphatic carbocycles. The molecule has 0 amide bonds. The van der Waals surface area contributed by atoms with Gasteiger partial charge in [-0.05, 0) is 72.9 Å². The van der Waals surface area contributed by atoms with Gasteiger partial charge >= 0.3 is 0 Å². The van der Waals surface area contributed by atoms with Crippen LogP contribution in [-0.4, -0.2) is 41.7 Å². The first-order chi connectivity index (χ1) is 9.47. The Bertz CT molecular complexity index is 361. The Kier molecular flexibility index (Phi) is 7.36. The summed E-state index contributed by atoms with van der Waals surface area (Å²) >= 11 is 0. The third kappa shape index (κ3) is 6.20. The summed E-state index contributed by atoms with van der Waals surface area (Å²) in [5.74, 6) is 0. The molecule has 0 atom stereocenters. The van der Waals surface area contributed by atoms with Crippen LogP contribution in [0.1, 0.15) is 34.1 Å². The predicted molar refractivity (Wildman–Crippen MR) is 107 cm³/mol. The fourth-order valence-electron chi connectivity index (χ4n) is 2.31. The van der Waals surface area contributed by atoms with E-state index in [0.29, 0.717) is 0 Å². The van der Waals surface area contributed by atoms with Crippen LogP contribution in [0.4, 0.5) is 0 Å². The van der Waals surface area contributed by atoms with Crippen molar-refractivity contribution in [3.05, 3.63) is 0 Å². The average Bonchev–Trinajstić information content (AvgIpc) is 2.21. The SMILES string of the molecule is CC(C)(O[Si](C)(C)C(C)(C)O[Si](C)(C)CCCN)[Si](C)(C)C. The molecule has 0 aliphatic heterocycles. The average molecular weight is 364 g/mol. The second-order valence-electron chi connectivity index (χ2n) is 9.64. The molecule has 0 aromatic carbocycles. The van der Waals surface area contributed by atoms with Crippen LogP contribution in [0.15, 0.2) is 0 Å². The summed E-state index contributed by atoms with van der Waals surface area (Å²) in [5, 5.41) is -0.222. The van der Waals surface area contributed by atoms with Gasteiger partial charge in [-0.25, -0.2) is 0 Å². The molecule has 0 radical (unpaired) electrons. The smallest absolute Gasteiger partial charge is 0.216 e. The maximum Gasteiger partial charge on any atom is 0.216 e. The van der Waals surface area contributed by atoms with Crippen LogP contribution in [-0.2, 0) is 8.85 Å². The molecule has 0 aromatic heterocycles. The summed E-state index contributed by atoms with van der Waals surface area (Å²) in [5.41, 5.74) is 5.67. The molecule has 3 nitrogen and oxygen atoms in total. The van der Waals surface area contributed by atoms with Gasteiger partial charge in [0.05, 0.1) is 13.3 Å². The fraction of sp³-hybridized carbons (Fsp3) is 1.00. The Morgan fingerprint density at radius 1 is 0.773 bits per heavy atom. The molecule has 22 heavy (non-hydrogen) atoms. The van der Waals surface area contributed by atoms with Gasteiger partial charge in [0.2, 0.25) is 8.32 Å². The van der Waals surface area contributed by atoms with Crippen molar-refractivity contribution in [2.45, 2.75) is 96.4 Å². The van der Waals surface area contributed by atoms with Gasteiger partial charge in [-0.15, -0.1) is 0 Å². The van der Waals surface area contributed by atoms with Gasteiger partial charge in [-0.2, -0.15) is 0 Å². The Hall–Kier alpha value is 0.531. The number of hydrogen-bond donors (Lipinski definition) is 1. The molecule has 0 aliphatic rings. The van der Waals surface area contributed by atoms with E-state index < -0.39 is 24.7 Å². The molecule has 0 saturated heterocycles. The van der Waals surface area contributed by atoms with Gasteiger partial charge in [0.15, 0.2) is 8.32 Å². The minimum absolute atomic E-state index is 0.0354. The number of nitrogens with two attached hydrogens (primary N) is 1. The molecule has 6 heteroatoms. The minimum atomic E-state index is -2.01. The van der Waals surface area contributed by atoms with Crippen LogP contribution in [0.5, 0.6) is 0 Å². The van der Waals surface area contributed by atoms with Crippen LogP contribution >= 0.6 is 0 Å². The molecule has 0 rings (SSSR count). The van der Waals surface area contributed by atoms with Crippen molar-refractivity contribution < 1.29 is 8.85 Å². The second kappa shape index (κ2) is 7.19. The monoisotopic (exact) mass is 363 g/mol. The van der Waals surface area contributed by atoms with Crippen LogP contribution in [0.25, 0.3) is 0 Å². The lowest BCUT2D eigenvalue weighted by Gasteiger charge is -2.50. The first kappa shape index (κ1) is 22.5. The van der Waals surface area contributed by atoms with E-state index in [1.54, 1.807) is 0 Å². The Morgan fingerprint density at radius 2 is 1.23 bits per heavy atom. The topological polar surface area (TPSA) is 44.5 Å². The highest BCUT2D eigenvalue weighted by molar-refractivity contribution is 6.82. The van der Waals surface area contributed by atoms with Crippen molar-refractivity contribution in [3.8, 4) is 0 Å². The zero-order valence-corrected chi connectivity index (χ0v) is 20.0. The van der Waals surface area contributed by atoms with Crippen molar-refractivity contribution >= 4 is 24.7 Å². The fourth-order valence-corrected chi connectivity index (χ4v) is 10.2. The van der Waals surface area contributed by atoms with Gasteiger partial charge in [0.1, 0.15) is 0 Å². The lowest BCUT2D eigenvalue weighted by Crippen LogP contribution is -2.64. The highest BCUT2D eigenvalue weighted by atomic mass is 28.4. The zero-order chi connectivity index (χ0) is 18.0. The van der Waals surface area contributed by atoms with E-state index in [2.05, 4.69) is 73.5 Å². The molecular formula is C16H41NO2Si3. The van der Waals surface area contributed by atoms with Crippen LogP contribution in [0.2, 0.25) is 51.9 Å². The molecule has 0 bridgehead atoms. The Balaban J connectivity index is 5.16. The first-order valence-electron chi connectivity index (χ1n) is 8.58. The summed E-state index contributed by atoms with van der Waals surface area (Å²) in [7, 11) is -5.12. The highest BCUT2D eigenvalue weighted by Gasteiger charge is 2.50. The Labute approximate surface area is 142 Å². The van der Waals surface area contributed by atoms with E-state index in [-0.39, 0.29) is 10.4 Å². The van der Waals surface area contributed by atoms with Gasteiger partial charge in [0, 0.05) is 5.22 Å². The third-order valence-corrected chi connectivity index (χ3v) is 16.0. The third-order valence-electron chi connectivity index (χ3n) is 5.28. The normalized spacial score (nSPS) is 15.3. The lowest BCUT2D eigenvalue weighted by atomic mass is 10.5. The van der Waals surface area contributed by atoms with Crippen molar-refractivity contribution in [1.29, 1.82) is 0 Å². The Morgan fingerprint density at radius 3 is 1.59 bits per heavy atom. The van der Waals surface area contributed by atoms with Crippen molar-refractivity contribution in [3.63, 3.8) is 0 Å². The van der Waals surface area contributed by atoms with E-state index in [1.807, 2.05) is 0 Å². The number of hydrogen-bond acceptors (Lipinski definition) is 3. The summed E-state index contributed by atoms with van der Waals surface area (Å²) < 4.78 is 13.5. The van der Waals surface area contributed by atoms with E-state index in [9.17, 15) is 0 Å². The van der Waals surface area contributed by atoms with Gasteiger partial charge in [-0.3, -0.25) is 0 Å². The van der Waals surface area contributed by atoms with Crippen molar-refractivity contribution in [2.24, 2.45) is 5.73 Å². The maximum absolute atomic E-state index is 6.78. The quantitative estimate of drug-likeness (QED) is 0.601. The molecule has 134 valence electrons. The molecule has 0 spiro atoms. The van der Waals surface area contributed by atoms with E-state index >= 15 is 0 Å². The molecule has 0 fully saturated rings. The van der Waals surface area contributed by atoms with Gasteiger partial charge < -0.3 is 14.6 Å². The summed E-state index contributed by atoms with van der Waals surface area (Å²) in [6.45, 7) is 26.1. The largest absolute Gasteiger partial charge is 0.412 e. The maximum atomic E-state index is 6.78. The van der Waals surface area contributed by atoms with Crippen LogP contribution < -0.4 is 5.73 Å². The standard InChI is InChI=1S/C16H41NO2Si3/c1-15(2,20(5,6)7)19-22(10,11)16(3,4)18-21(8,9)14-12-13-17/h12-14,17H2,1-11H3. The predicted octanol–water partition coefficient (Wildman–Crippen LogP) is 4.75. The van der Waals surface area contributed by atoms with Crippen LogP contribution in [0.3, 0.4) is 0 Å². The van der Waals surface area contributed by atoms with Crippen molar-refractivity contribution in [1.82, 2.24) is 0 Å². The first-order valence-corrected chi connectivity index (χ1v) is 18.1. The molecule has 0 aromatic rings. The molecule has 0 heterocycles. The lowest BCUT2D eigenvalue weighted by molar-refractivity contribution is 0.0988. The molecule has 2 N–H and O–H groups in total.